The lowest BCUT2D eigenvalue weighted by Gasteiger charge is -2.16. The average Bonchev–Trinajstić information content (AvgIpc) is 2.52. The van der Waals surface area contributed by atoms with Crippen molar-refractivity contribution in [3.63, 3.8) is 0 Å². The Hall–Kier alpha value is -1.78. The lowest BCUT2D eigenvalue weighted by molar-refractivity contribution is 0.223. The highest BCUT2D eigenvalue weighted by molar-refractivity contribution is 6.37. The van der Waals surface area contributed by atoms with E-state index in [1.54, 1.807) is 12.1 Å². The quantitative estimate of drug-likeness (QED) is 0.632. The van der Waals surface area contributed by atoms with E-state index in [4.69, 9.17) is 32.7 Å². The van der Waals surface area contributed by atoms with Crippen molar-refractivity contribution >= 4 is 28.9 Å². The van der Waals surface area contributed by atoms with E-state index in [0.717, 1.165) is 17.0 Å². The van der Waals surface area contributed by atoms with Gasteiger partial charge in [-0.2, -0.15) is 0 Å². The number of phenolic OH excluding ortho intramolecular Hbond substituents is 1. The number of benzene rings is 2. The molecule has 4 nitrogen and oxygen atoms in total. The molecule has 2 N–H and O–H groups in total. The van der Waals surface area contributed by atoms with Gasteiger partial charge >= 0.3 is 0 Å². The van der Waals surface area contributed by atoms with Crippen LogP contribution in [0.15, 0.2) is 30.3 Å². The fourth-order valence-corrected chi connectivity index (χ4v) is 2.64. The Morgan fingerprint density at radius 1 is 1.08 bits per heavy atom. The molecule has 0 aliphatic heterocycles. The SMILES string of the molecule is CCOc1cc(CNc2cc(Cl)c(O)c(Cl)c2)ccc1OC(C)C. The second-order valence-corrected chi connectivity index (χ2v) is 6.34. The molecule has 24 heavy (non-hydrogen) atoms. The summed E-state index contributed by atoms with van der Waals surface area (Å²) in [5.74, 6) is 1.33. The minimum atomic E-state index is -0.113. The van der Waals surface area contributed by atoms with E-state index < -0.39 is 0 Å². The van der Waals surface area contributed by atoms with Gasteiger partial charge in [-0.05, 0) is 50.6 Å². The van der Waals surface area contributed by atoms with Gasteiger partial charge in [0.2, 0.25) is 0 Å². The summed E-state index contributed by atoms with van der Waals surface area (Å²) in [5, 5.41) is 13.2. The van der Waals surface area contributed by atoms with Gasteiger partial charge in [0.25, 0.3) is 0 Å². The molecule has 0 spiro atoms. The van der Waals surface area contributed by atoms with Crippen LogP contribution in [0.2, 0.25) is 10.0 Å². The Morgan fingerprint density at radius 2 is 1.75 bits per heavy atom. The molecule has 2 aromatic rings. The summed E-state index contributed by atoms with van der Waals surface area (Å²) in [6.07, 6.45) is 0.0782. The minimum absolute atomic E-state index is 0.0782. The molecule has 0 aliphatic carbocycles. The highest BCUT2D eigenvalue weighted by atomic mass is 35.5. The highest BCUT2D eigenvalue weighted by Gasteiger charge is 2.10. The molecule has 0 atom stereocenters. The molecule has 0 amide bonds. The predicted molar refractivity (Wildman–Crippen MR) is 98.8 cm³/mol. The molecule has 0 aromatic heterocycles. The van der Waals surface area contributed by atoms with Crippen molar-refractivity contribution in [3.05, 3.63) is 45.9 Å². The summed E-state index contributed by atoms with van der Waals surface area (Å²) in [6, 6.07) is 9.07. The molecule has 130 valence electrons. The maximum atomic E-state index is 9.59. The molecule has 0 bridgehead atoms. The van der Waals surface area contributed by atoms with Crippen molar-refractivity contribution in [1.29, 1.82) is 0 Å². The number of nitrogens with one attached hydrogen (secondary N) is 1. The lowest BCUT2D eigenvalue weighted by atomic mass is 10.2. The van der Waals surface area contributed by atoms with Gasteiger partial charge in [-0.25, -0.2) is 0 Å². The fourth-order valence-electron chi connectivity index (χ4n) is 2.15. The number of phenols is 1. The Kier molecular flexibility index (Phi) is 6.46. The normalized spacial score (nSPS) is 10.8. The van der Waals surface area contributed by atoms with Crippen LogP contribution in [0.25, 0.3) is 0 Å². The topological polar surface area (TPSA) is 50.7 Å². The largest absolute Gasteiger partial charge is 0.505 e. The third-order valence-electron chi connectivity index (χ3n) is 3.18. The molecule has 0 saturated heterocycles. The van der Waals surface area contributed by atoms with Crippen LogP contribution in [-0.4, -0.2) is 17.8 Å². The van der Waals surface area contributed by atoms with Crippen LogP contribution in [0.3, 0.4) is 0 Å². The van der Waals surface area contributed by atoms with Gasteiger partial charge < -0.3 is 19.9 Å². The number of ether oxygens (including phenoxy) is 2. The molecule has 0 unspecified atom stereocenters. The molecule has 6 heteroatoms. The first-order valence-electron chi connectivity index (χ1n) is 7.75. The van der Waals surface area contributed by atoms with E-state index in [1.807, 2.05) is 39.0 Å². The zero-order chi connectivity index (χ0) is 17.7. The first-order chi connectivity index (χ1) is 11.4. The molecule has 0 fully saturated rings. The van der Waals surface area contributed by atoms with Gasteiger partial charge in [0.05, 0.1) is 22.8 Å². The van der Waals surface area contributed by atoms with E-state index in [2.05, 4.69) is 5.32 Å². The number of halogens is 2. The summed E-state index contributed by atoms with van der Waals surface area (Å²) in [7, 11) is 0. The standard InChI is InChI=1S/C18H21Cl2NO3/c1-4-23-17-7-12(5-6-16(17)24-11(2)3)10-21-13-8-14(19)18(22)15(20)9-13/h5-9,11,21-22H,4,10H2,1-3H3. The third kappa shape index (κ3) is 4.86. The van der Waals surface area contributed by atoms with E-state index in [1.165, 1.54) is 0 Å². The number of aromatic hydroxyl groups is 1. The fraction of sp³-hybridized carbons (Fsp3) is 0.333. The summed E-state index contributed by atoms with van der Waals surface area (Å²) < 4.78 is 11.4. The maximum Gasteiger partial charge on any atom is 0.161 e. The van der Waals surface area contributed by atoms with Gasteiger partial charge in [-0.15, -0.1) is 0 Å². The van der Waals surface area contributed by atoms with E-state index >= 15 is 0 Å². The summed E-state index contributed by atoms with van der Waals surface area (Å²) in [5.41, 5.74) is 1.75. The molecule has 0 radical (unpaired) electrons. The van der Waals surface area contributed by atoms with Crippen LogP contribution in [0.4, 0.5) is 5.69 Å². The molecule has 2 rings (SSSR count). The van der Waals surface area contributed by atoms with Gasteiger partial charge in [-0.1, -0.05) is 29.3 Å². The van der Waals surface area contributed by atoms with Gasteiger partial charge in [0.15, 0.2) is 17.2 Å². The average molecular weight is 370 g/mol. The van der Waals surface area contributed by atoms with Gasteiger partial charge in [0, 0.05) is 12.2 Å². The Bertz CT molecular complexity index is 682. The highest BCUT2D eigenvalue weighted by Crippen LogP contribution is 2.35. The zero-order valence-electron chi connectivity index (χ0n) is 13.9. The van der Waals surface area contributed by atoms with Crippen LogP contribution in [0, 0.1) is 0 Å². The first kappa shape index (κ1) is 18.6. The maximum absolute atomic E-state index is 9.59. The molecular formula is C18H21Cl2NO3. The summed E-state index contributed by atoms with van der Waals surface area (Å²) in [4.78, 5) is 0. The van der Waals surface area contributed by atoms with Crippen molar-refractivity contribution in [2.75, 3.05) is 11.9 Å². The molecule has 2 aromatic carbocycles. The second kappa shape index (κ2) is 8.36. The molecule has 0 saturated carbocycles. The van der Waals surface area contributed by atoms with Crippen LogP contribution in [0.1, 0.15) is 26.3 Å². The Morgan fingerprint density at radius 3 is 2.33 bits per heavy atom. The van der Waals surface area contributed by atoms with E-state index in [0.29, 0.717) is 18.9 Å². The van der Waals surface area contributed by atoms with E-state index in [9.17, 15) is 5.11 Å². The number of anilines is 1. The Labute approximate surface area is 152 Å². The number of hydrogen-bond acceptors (Lipinski definition) is 4. The van der Waals surface area contributed by atoms with Crippen LogP contribution < -0.4 is 14.8 Å². The monoisotopic (exact) mass is 369 g/mol. The number of rotatable bonds is 7. The van der Waals surface area contributed by atoms with Gasteiger partial charge in [-0.3, -0.25) is 0 Å². The second-order valence-electron chi connectivity index (χ2n) is 5.52. The van der Waals surface area contributed by atoms with Gasteiger partial charge in [0.1, 0.15) is 0 Å². The smallest absolute Gasteiger partial charge is 0.161 e. The summed E-state index contributed by atoms with van der Waals surface area (Å²) >= 11 is 11.9. The van der Waals surface area contributed by atoms with Crippen molar-refractivity contribution < 1.29 is 14.6 Å². The summed E-state index contributed by atoms with van der Waals surface area (Å²) in [6.45, 7) is 7.01. The molecule has 0 aliphatic rings. The van der Waals surface area contributed by atoms with E-state index in [-0.39, 0.29) is 21.9 Å². The van der Waals surface area contributed by atoms with Crippen LogP contribution >= 0.6 is 23.2 Å². The number of hydrogen-bond donors (Lipinski definition) is 2. The molecule has 0 heterocycles. The van der Waals surface area contributed by atoms with Crippen molar-refractivity contribution in [2.24, 2.45) is 0 Å². The lowest BCUT2D eigenvalue weighted by Crippen LogP contribution is -2.08. The van der Waals surface area contributed by atoms with Crippen molar-refractivity contribution in [2.45, 2.75) is 33.4 Å². The Balaban J connectivity index is 2.13. The predicted octanol–water partition coefficient (Wildman–Crippen LogP) is 5.50. The zero-order valence-corrected chi connectivity index (χ0v) is 15.4. The van der Waals surface area contributed by atoms with Crippen LogP contribution in [0.5, 0.6) is 17.2 Å². The van der Waals surface area contributed by atoms with Crippen molar-refractivity contribution in [1.82, 2.24) is 0 Å². The minimum Gasteiger partial charge on any atom is -0.505 e. The molecular weight excluding hydrogens is 349 g/mol. The van der Waals surface area contributed by atoms with Crippen LogP contribution in [-0.2, 0) is 6.54 Å². The third-order valence-corrected chi connectivity index (χ3v) is 3.76. The first-order valence-corrected chi connectivity index (χ1v) is 8.50. The van der Waals surface area contributed by atoms with Crippen molar-refractivity contribution in [3.8, 4) is 17.2 Å².